The summed E-state index contributed by atoms with van der Waals surface area (Å²) in [5.74, 6) is 1.50. The SMILES string of the molecule is COc1cc2c(cc1-c1ccc(C(=O)NCc3nc4ccccc4[nH]3)s1)C(C)(C)CCC2(C)C. The summed E-state index contributed by atoms with van der Waals surface area (Å²) in [5.41, 5.74) is 5.89. The van der Waals surface area contributed by atoms with Gasteiger partial charge in [-0.05, 0) is 71.2 Å². The van der Waals surface area contributed by atoms with E-state index in [1.165, 1.54) is 22.5 Å². The first-order valence-corrected chi connectivity index (χ1v) is 12.5. The number of amides is 1. The van der Waals surface area contributed by atoms with E-state index >= 15 is 0 Å². The Bertz CT molecular complexity index is 1350. The first kappa shape index (κ1) is 22.7. The minimum absolute atomic E-state index is 0.102. The lowest BCUT2D eigenvalue weighted by Crippen LogP contribution is -2.33. The van der Waals surface area contributed by atoms with Crippen LogP contribution in [0.4, 0.5) is 0 Å². The number of para-hydroxylation sites is 2. The fraction of sp³-hybridized carbons (Fsp3) is 0.357. The Balaban J connectivity index is 1.41. The van der Waals surface area contributed by atoms with Crippen LogP contribution in [0.5, 0.6) is 5.75 Å². The normalized spacial score (nSPS) is 16.3. The number of thiophene rings is 1. The van der Waals surface area contributed by atoms with E-state index in [1.54, 1.807) is 7.11 Å². The van der Waals surface area contributed by atoms with E-state index in [1.807, 2.05) is 36.4 Å². The lowest BCUT2D eigenvalue weighted by Gasteiger charge is -2.42. The fourth-order valence-electron chi connectivity index (χ4n) is 4.90. The van der Waals surface area contributed by atoms with Gasteiger partial charge >= 0.3 is 0 Å². The number of nitrogens with zero attached hydrogens (tertiary/aromatic N) is 1. The molecule has 0 saturated heterocycles. The molecule has 1 amide bonds. The second-order valence-corrected chi connectivity index (χ2v) is 11.5. The quantitative estimate of drug-likeness (QED) is 0.344. The molecule has 0 unspecified atom stereocenters. The number of benzene rings is 2. The zero-order chi connectivity index (χ0) is 24.1. The van der Waals surface area contributed by atoms with Gasteiger partial charge in [0.25, 0.3) is 5.91 Å². The molecule has 0 aliphatic heterocycles. The van der Waals surface area contributed by atoms with Crippen molar-refractivity contribution in [2.75, 3.05) is 7.11 Å². The van der Waals surface area contributed by atoms with Crippen LogP contribution in [0.1, 0.15) is 67.2 Å². The lowest BCUT2D eigenvalue weighted by atomic mass is 9.63. The van der Waals surface area contributed by atoms with Crippen LogP contribution in [-0.2, 0) is 17.4 Å². The Hall–Kier alpha value is -3.12. The third-order valence-electron chi connectivity index (χ3n) is 7.12. The van der Waals surface area contributed by atoms with Crippen molar-refractivity contribution in [2.45, 2.75) is 57.9 Å². The monoisotopic (exact) mass is 473 g/mol. The maximum Gasteiger partial charge on any atom is 0.261 e. The molecule has 0 fully saturated rings. The third-order valence-corrected chi connectivity index (χ3v) is 8.24. The van der Waals surface area contributed by atoms with Gasteiger partial charge < -0.3 is 15.0 Å². The minimum Gasteiger partial charge on any atom is -0.496 e. The van der Waals surface area contributed by atoms with E-state index in [9.17, 15) is 4.79 Å². The average molecular weight is 474 g/mol. The molecule has 5 rings (SSSR count). The van der Waals surface area contributed by atoms with Gasteiger partial charge in [0.1, 0.15) is 11.6 Å². The first-order valence-electron chi connectivity index (χ1n) is 11.7. The molecule has 2 N–H and O–H groups in total. The molecule has 34 heavy (non-hydrogen) atoms. The predicted octanol–water partition coefficient (Wildman–Crippen LogP) is 6.58. The molecule has 5 nitrogen and oxygen atoms in total. The van der Waals surface area contributed by atoms with Crippen molar-refractivity contribution in [2.24, 2.45) is 0 Å². The molecule has 1 aliphatic carbocycles. The maximum absolute atomic E-state index is 12.9. The Morgan fingerprint density at radius 1 is 1.06 bits per heavy atom. The number of rotatable bonds is 5. The first-order chi connectivity index (χ1) is 16.2. The number of aromatic nitrogens is 2. The van der Waals surface area contributed by atoms with Crippen LogP contribution < -0.4 is 10.1 Å². The van der Waals surface area contributed by atoms with E-state index in [4.69, 9.17) is 4.74 Å². The number of aromatic amines is 1. The molecule has 1 aliphatic rings. The van der Waals surface area contributed by atoms with Crippen molar-refractivity contribution >= 4 is 28.3 Å². The highest BCUT2D eigenvalue weighted by Crippen LogP contribution is 2.49. The third kappa shape index (κ3) is 4.00. The summed E-state index contributed by atoms with van der Waals surface area (Å²) in [6.45, 7) is 9.63. The van der Waals surface area contributed by atoms with Crippen molar-refractivity contribution in [3.8, 4) is 16.2 Å². The topological polar surface area (TPSA) is 67.0 Å². The van der Waals surface area contributed by atoms with Gasteiger partial charge in [-0.25, -0.2) is 4.98 Å². The number of hydrogen-bond donors (Lipinski definition) is 2. The highest BCUT2D eigenvalue weighted by atomic mass is 32.1. The number of carbonyl (C=O) groups is 1. The van der Waals surface area contributed by atoms with Crippen molar-refractivity contribution in [3.63, 3.8) is 0 Å². The number of ether oxygens (including phenoxy) is 1. The molecule has 176 valence electrons. The molecule has 0 atom stereocenters. The van der Waals surface area contributed by atoms with Gasteiger partial charge in [0.15, 0.2) is 0 Å². The van der Waals surface area contributed by atoms with Crippen LogP contribution in [0.15, 0.2) is 48.5 Å². The second-order valence-electron chi connectivity index (χ2n) is 10.4. The summed E-state index contributed by atoms with van der Waals surface area (Å²) in [5, 5.41) is 2.99. The zero-order valence-electron chi connectivity index (χ0n) is 20.4. The van der Waals surface area contributed by atoms with Crippen LogP contribution in [0.25, 0.3) is 21.5 Å². The number of imidazole rings is 1. The van der Waals surface area contributed by atoms with Gasteiger partial charge in [0.2, 0.25) is 0 Å². The van der Waals surface area contributed by atoms with Gasteiger partial charge in [-0.1, -0.05) is 39.8 Å². The summed E-state index contributed by atoms with van der Waals surface area (Å²) in [7, 11) is 1.72. The van der Waals surface area contributed by atoms with Crippen LogP contribution >= 0.6 is 11.3 Å². The standard InChI is InChI=1S/C28H31N3O2S/c1-27(2)12-13-28(3,4)19-15-22(33-5)17(14-18(19)27)23-10-11-24(34-23)26(32)29-16-25-30-20-8-6-7-9-21(20)31-25/h6-11,14-15H,12-13,16H2,1-5H3,(H,29,32)(H,30,31). The van der Waals surface area contributed by atoms with Crippen LogP contribution in [0.3, 0.4) is 0 Å². The largest absolute Gasteiger partial charge is 0.496 e. The van der Waals surface area contributed by atoms with E-state index in [2.05, 4.69) is 55.1 Å². The van der Waals surface area contributed by atoms with Gasteiger partial charge in [-0.15, -0.1) is 11.3 Å². The molecule has 0 radical (unpaired) electrons. The minimum atomic E-state index is -0.102. The van der Waals surface area contributed by atoms with E-state index in [0.29, 0.717) is 11.4 Å². The summed E-state index contributed by atoms with van der Waals surface area (Å²) >= 11 is 1.49. The number of nitrogens with one attached hydrogen (secondary N) is 2. The van der Waals surface area contributed by atoms with Crippen molar-refractivity contribution in [3.05, 3.63) is 70.4 Å². The predicted molar refractivity (Wildman–Crippen MR) is 139 cm³/mol. The molecule has 2 heterocycles. The molecule has 2 aromatic carbocycles. The summed E-state index contributed by atoms with van der Waals surface area (Å²) in [6, 6.07) is 16.3. The van der Waals surface area contributed by atoms with Gasteiger partial charge in [0.05, 0.1) is 29.6 Å². The number of H-pyrrole nitrogens is 1. The summed E-state index contributed by atoms with van der Waals surface area (Å²) < 4.78 is 5.82. The van der Waals surface area contributed by atoms with Gasteiger partial charge in [-0.2, -0.15) is 0 Å². The molecule has 6 heteroatoms. The number of carbonyl (C=O) groups excluding carboxylic acids is 1. The van der Waals surface area contributed by atoms with Crippen molar-refractivity contribution < 1.29 is 9.53 Å². The van der Waals surface area contributed by atoms with E-state index < -0.39 is 0 Å². The van der Waals surface area contributed by atoms with Crippen LogP contribution in [0.2, 0.25) is 0 Å². The Morgan fingerprint density at radius 2 is 1.76 bits per heavy atom. The number of methoxy groups -OCH3 is 1. The van der Waals surface area contributed by atoms with Crippen LogP contribution in [0, 0.1) is 0 Å². The highest BCUT2D eigenvalue weighted by molar-refractivity contribution is 7.17. The second kappa shape index (κ2) is 8.27. The highest BCUT2D eigenvalue weighted by Gasteiger charge is 2.38. The number of fused-ring (bicyclic) bond motifs is 2. The Labute approximate surface area is 204 Å². The Morgan fingerprint density at radius 3 is 2.47 bits per heavy atom. The van der Waals surface area contributed by atoms with Gasteiger partial charge in [-0.3, -0.25) is 4.79 Å². The van der Waals surface area contributed by atoms with Gasteiger partial charge in [0, 0.05) is 10.4 Å². The Kier molecular flexibility index (Phi) is 5.52. The molecular weight excluding hydrogens is 442 g/mol. The average Bonchev–Trinajstić information content (AvgIpc) is 3.47. The molecule has 0 saturated carbocycles. The van der Waals surface area contributed by atoms with E-state index in [0.717, 1.165) is 45.9 Å². The lowest BCUT2D eigenvalue weighted by molar-refractivity contribution is 0.0954. The number of hydrogen-bond acceptors (Lipinski definition) is 4. The zero-order valence-corrected chi connectivity index (χ0v) is 21.2. The fourth-order valence-corrected chi connectivity index (χ4v) is 5.84. The molecule has 2 aromatic heterocycles. The molecule has 4 aromatic rings. The summed E-state index contributed by atoms with van der Waals surface area (Å²) in [6.07, 6.45) is 2.31. The van der Waals surface area contributed by atoms with Crippen LogP contribution in [-0.4, -0.2) is 23.0 Å². The van der Waals surface area contributed by atoms with Crippen molar-refractivity contribution in [1.29, 1.82) is 0 Å². The molecule has 0 bridgehead atoms. The van der Waals surface area contributed by atoms with Crippen molar-refractivity contribution in [1.82, 2.24) is 15.3 Å². The molecule has 0 spiro atoms. The smallest absolute Gasteiger partial charge is 0.261 e. The summed E-state index contributed by atoms with van der Waals surface area (Å²) in [4.78, 5) is 22.4. The molecular formula is C28H31N3O2S. The maximum atomic E-state index is 12.9. The van der Waals surface area contributed by atoms with E-state index in [-0.39, 0.29) is 16.7 Å².